The first kappa shape index (κ1) is 12.9. The van der Waals surface area contributed by atoms with E-state index in [9.17, 15) is 4.79 Å². The molecule has 0 spiro atoms. The van der Waals surface area contributed by atoms with Gasteiger partial charge in [0.05, 0.1) is 5.52 Å². The van der Waals surface area contributed by atoms with E-state index in [0.29, 0.717) is 23.1 Å². The van der Waals surface area contributed by atoms with E-state index in [4.69, 9.17) is 10.5 Å². The van der Waals surface area contributed by atoms with Crippen LogP contribution in [-0.4, -0.2) is 29.2 Å². The molecule has 2 aromatic rings. The van der Waals surface area contributed by atoms with Gasteiger partial charge < -0.3 is 20.8 Å². The van der Waals surface area contributed by atoms with Crippen LogP contribution < -0.4 is 15.8 Å². The third kappa shape index (κ3) is 2.34. The summed E-state index contributed by atoms with van der Waals surface area (Å²) < 4.78 is 5.00. The number of fused-ring (bicyclic) bond motifs is 1. The highest BCUT2D eigenvalue weighted by Crippen LogP contribution is 2.31. The lowest BCUT2D eigenvalue weighted by atomic mass is 9.87. The molecule has 0 aliphatic carbocycles. The van der Waals surface area contributed by atoms with Gasteiger partial charge in [-0.3, -0.25) is 0 Å². The number of hydrogen-bond donors (Lipinski definition) is 3. The Labute approximate surface area is 116 Å². The third-order valence-electron chi connectivity index (χ3n) is 3.84. The summed E-state index contributed by atoms with van der Waals surface area (Å²) in [5.41, 5.74) is 6.60. The Kier molecular flexibility index (Phi) is 3.31. The van der Waals surface area contributed by atoms with Crippen molar-refractivity contribution in [3.8, 4) is 5.75 Å². The highest BCUT2D eigenvalue weighted by molar-refractivity contribution is 5.84. The van der Waals surface area contributed by atoms with E-state index >= 15 is 0 Å². The number of rotatable bonds is 2. The van der Waals surface area contributed by atoms with Crippen LogP contribution >= 0.6 is 0 Å². The summed E-state index contributed by atoms with van der Waals surface area (Å²) in [5.74, 6) is 2.27. The molecular weight excluding hydrogens is 256 g/mol. The number of para-hydroxylation sites is 1. The molecule has 1 aromatic heterocycles. The Morgan fingerprint density at radius 3 is 3.10 bits per heavy atom. The van der Waals surface area contributed by atoms with Crippen molar-refractivity contribution in [1.82, 2.24) is 15.3 Å². The van der Waals surface area contributed by atoms with Crippen LogP contribution in [0.1, 0.15) is 25.1 Å². The molecule has 1 saturated heterocycles. The summed E-state index contributed by atoms with van der Waals surface area (Å²) >= 11 is 0. The van der Waals surface area contributed by atoms with E-state index in [1.807, 2.05) is 12.1 Å². The molecule has 6 heteroatoms. The van der Waals surface area contributed by atoms with Gasteiger partial charge in [0, 0.05) is 5.92 Å². The molecule has 1 aromatic carbocycles. The fourth-order valence-electron chi connectivity index (χ4n) is 2.81. The maximum absolute atomic E-state index is 10.9. The van der Waals surface area contributed by atoms with E-state index in [1.54, 1.807) is 6.07 Å². The summed E-state index contributed by atoms with van der Waals surface area (Å²) in [4.78, 5) is 18.9. The summed E-state index contributed by atoms with van der Waals surface area (Å²) in [5, 5.41) is 3.38. The van der Waals surface area contributed by atoms with Crippen molar-refractivity contribution in [3.05, 3.63) is 24.0 Å². The smallest absolute Gasteiger partial charge is 0.408 e. The number of H-pyrrole nitrogens is 1. The number of nitrogens with zero attached hydrogens (tertiary/aromatic N) is 1. The van der Waals surface area contributed by atoms with Crippen molar-refractivity contribution in [3.63, 3.8) is 0 Å². The maximum Gasteiger partial charge on any atom is 0.410 e. The van der Waals surface area contributed by atoms with Crippen LogP contribution in [0, 0.1) is 5.92 Å². The Balaban J connectivity index is 1.99. The van der Waals surface area contributed by atoms with Gasteiger partial charge in [0.15, 0.2) is 5.75 Å². The molecule has 0 saturated carbocycles. The van der Waals surface area contributed by atoms with Gasteiger partial charge >= 0.3 is 6.09 Å². The molecule has 1 aliphatic heterocycles. The minimum absolute atomic E-state index is 0.394. The summed E-state index contributed by atoms with van der Waals surface area (Å²) in [6, 6.07) is 5.43. The van der Waals surface area contributed by atoms with Gasteiger partial charge in [0.1, 0.15) is 11.3 Å². The Morgan fingerprint density at radius 2 is 2.35 bits per heavy atom. The molecule has 2 unspecified atom stereocenters. The van der Waals surface area contributed by atoms with Crippen molar-refractivity contribution in [2.24, 2.45) is 11.7 Å². The van der Waals surface area contributed by atoms with Crippen molar-refractivity contribution in [2.75, 3.05) is 13.1 Å². The minimum atomic E-state index is -0.822. The number of aromatic amines is 1. The molecule has 2 atom stereocenters. The number of benzene rings is 1. The van der Waals surface area contributed by atoms with Crippen LogP contribution in [0.15, 0.2) is 18.2 Å². The molecule has 3 rings (SSSR count). The number of nitrogens with one attached hydrogen (secondary N) is 2. The lowest BCUT2D eigenvalue weighted by molar-refractivity contribution is 0.211. The maximum atomic E-state index is 10.9. The van der Waals surface area contributed by atoms with E-state index < -0.39 is 6.09 Å². The van der Waals surface area contributed by atoms with Gasteiger partial charge in [-0.1, -0.05) is 13.0 Å². The highest BCUT2D eigenvalue weighted by atomic mass is 16.5. The summed E-state index contributed by atoms with van der Waals surface area (Å²) in [6.45, 7) is 4.20. The zero-order chi connectivity index (χ0) is 14.1. The average Bonchev–Trinajstić information content (AvgIpc) is 2.83. The monoisotopic (exact) mass is 274 g/mol. The Hall–Kier alpha value is -2.08. The van der Waals surface area contributed by atoms with Crippen LogP contribution in [0.25, 0.3) is 11.0 Å². The third-order valence-corrected chi connectivity index (χ3v) is 3.84. The van der Waals surface area contributed by atoms with Gasteiger partial charge in [0.25, 0.3) is 0 Å². The molecule has 2 heterocycles. The molecule has 1 amide bonds. The number of carbonyl (C=O) groups excluding carboxylic acids is 1. The predicted octanol–water partition coefficient (Wildman–Crippen LogP) is 1.73. The highest BCUT2D eigenvalue weighted by Gasteiger charge is 2.26. The molecule has 106 valence electrons. The number of nitrogens with two attached hydrogens (primary N) is 1. The number of aromatic nitrogens is 2. The summed E-state index contributed by atoms with van der Waals surface area (Å²) in [7, 11) is 0. The molecule has 0 bridgehead atoms. The van der Waals surface area contributed by atoms with E-state index in [1.165, 1.54) is 0 Å². The van der Waals surface area contributed by atoms with Gasteiger partial charge in [-0.15, -0.1) is 0 Å². The quantitative estimate of drug-likeness (QED) is 0.777. The normalized spacial score (nSPS) is 22.9. The lowest BCUT2D eigenvalue weighted by Crippen LogP contribution is -2.34. The van der Waals surface area contributed by atoms with Crippen molar-refractivity contribution < 1.29 is 9.53 Å². The molecule has 0 radical (unpaired) electrons. The lowest BCUT2D eigenvalue weighted by Gasteiger charge is -2.27. The van der Waals surface area contributed by atoms with Gasteiger partial charge in [-0.05, 0) is 37.6 Å². The molecule has 1 aliphatic rings. The zero-order valence-corrected chi connectivity index (χ0v) is 11.3. The molecule has 1 fully saturated rings. The first-order chi connectivity index (χ1) is 9.65. The fourth-order valence-corrected chi connectivity index (χ4v) is 2.81. The first-order valence-corrected chi connectivity index (χ1v) is 6.82. The fraction of sp³-hybridized carbons (Fsp3) is 0.429. The summed E-state index contributed by atoms with van der Waals surface area (Å²) in [6.07, 6.45) is 0.227. The Bertz CT molecular complexity index is 637. The number of hydrogen-bond acceptors (Lipinski definition) is 4. The molecule has 20 heavy (non-hydrogen) atoms. The predicted molar refractivity (Wildman–Crippen MR) is 75.7 cm³/mol. The second kappa shape index (κ2) is 5.13. The molecule has 4 N–H and O–H groups in total. The van der Waals surface area contributed by atoms with Gasteiger partial charge in [-0.2, -0.15) is 0 Å². The van der Waals surface area contributed by atoms with Crippen molar-refractivity contribution in [2.45, 2.75) is 19.3 Å². The first-order valence-electron chi connectivity index (χ1n) is 6.82. The SMILES string of the molecule is CC1CNCCC1c1nc2c(OC(N)=O)cccc2[nH]1. The second-order valence-electron chi connectivity index (χ2n) is 5.27. The van der Waals surface area contributed by atoms with E-state index in [2.05, 4.69) is 22.2 Å². The van der Waals surface area contributed by atoms with Crippen LogP contribution in [0.2, 0.25) is 0 Å². The number of ether oxygens (including phenoxy) is 1. The topological polar surface area (TPSA) is 93.0 Å². The van der Waals surface area contributed by atoms with E-state index in [-0.39, 0.29) is 0 Å². The standard InChI is InChI=1S/C14H18N4O2/c1-8-7-16-6-5-9(8)13-17-10-3-2-4-11(12(10)18-13)20-14(15)19/h2-4,8-9,16H,5-7H2,1H3,(H2,15,19)(H,17,18). The minimum Gasteiger partial charge on any atom is -0.408 e. The largest absolute Gasteiger partial charge is 0.410 e. The number of piperidine rings is 1. The number of primary amides is 1. The van der Waals surface area contributed by atoms with Crippen LogP contribution in [0.4, 0.5) is 4.79 Å². The average molecular weight is 274 g/mol. The number of imidazole rings is 1. The van der Waals surface area contributed by atoms with Crippen LogP contribution in [0.3, 0.4) is 0 Å². The van der Waals surface area contributed by atoms with Gasteiger partial charge in [-0.25, -0.2) is 9.78 Å². The van der Waals surface area contributed by atoms with Crippen molar-refractivity contribution in [1.29, 1.82) is 0 Å². The number of amides is 1. The zero-order valence-electron chi connectivity index (χ0n) is 11.3. The van der Waals surface area contributed by atoms with Crippen molar-refractivity contribution >= 4 is 17.1 Å². The second-order valence-corrected chi connectivity index (χ2v) is 5.27. The Morgan fingerprint density at radius 1 is 1.50 bits per heavy atom. The number of carbonyl (C=O) groups is 1. The van der Waals surface area contributed by atoms with E-state index in [0.717, 1.165) is 30.9 Å². The molecular formula is C14H18N4O2. The molecule has 6 nitrogen and oxygen atoms in total. The van der Waals surface area contributed by atoms with Gasteiger partial charge in [0.2, 0.25) is 0 Å². The van der Waals surface area contributed by atoms with Crippen LogP contribution in [0.5, 0.6) is 5.75 Å². The van der Waals surface area contributed by atoms with Crippen LogP contribution in [-0.2, 0) is 0 Å².